The minimum atomic E-state index is 0.442. The van der Waals surface area contributed by atoms with Crippen molar-refractivity contribution in [1.82, 2.24) is 34.9 Å². The van der Waals surface area contributed by atoms with Crippen molar-refractivity contribution in [2.75, 3.05) is 12.4 Å². The summed E-state index contributed by atoms with van der Waals surface area (Å²) in [6.45, 7) is 0. The summed E-state index contributed by atoms with van der Waals surface area (Å²) in [6.07, 6.45) is 8.55. The Morgan fingerprint density at radius 2 is 1.86 bits per heavy atom. The Labute approximate surface area is 163 Å². The van der Waals surface area contributed by atoms with Crippen molar-refractivity contribution in [2.24, 2.45) is 7.05 Å². The summed E-state index contributed by atoms with van der Waals surface area (Å²) >= 11 is 0. The van der Waals surface area contributed by atoms with Gasteiger partial charge in [-0.05, 0) is 56.5 Å². The van der Waals surface area contributed by atoms with Gasteiger partial charge in [0.2, 0.25) is 5.95 Å². The first-order valence-electron chi connectivity index (χ1n) is 9.79. The summed E-state index contributed by atoms with van der Waals surface area (Å²) in [5, 5.41) is 19.8. The lowest BCUT2D eigenvalue weighted by Gasteiger charge is -2.28. The van der Waals surface area contributed by atoms with E-state index in [0.717, 1.165) is 40.5 Å². The molecule has 0 aliphatic heterocycles. The number of aryl methyl sites for hydroxylation is 1. The van der Waals surface area contributed by atoms with Gasteiger partial charge in [-0.25, -0.2) is 14.2 Å². The molecule has 144 valence electrons. The van der Waals surface area contributed by atoms with Crippen molar-refractivity contribution in [2.45, 2.75) is 37.8 Å². The molecule has 28 heavy (non-hydrogen) atoms. The fourth-order valence-electron chi connectivity index (χ4n) is 4.12. The standard InChI is InChI=1S/C20H24N8/c1-21-14-4-6-15(7-5-14)23-20-22-12-19-16(9-10-28(19)25-20)13-3-8-17-18(11-13)27(2)26-24-17/h3,8-12,14-15,21H,4-7H2,1-2H3,(H,23,25)/t14-,15-. The molecule has 1 aliphatic rings. The van der Waals surface area contributed by atoms with Crippen molar-refractivity contribution in [1.29, 1.82) is 0 Å². The number of hydrogen-bond donors (Lipinski definition) is 2. The van der Waals surface area contributed by atoms with Crippen LogP contribution in [0.1, 0.15) is 25.7 Å². The Hall–Kier alpha value is -3.00. The largest absolute Gasteiger partial charge is 0.350 e. The Balaban J connectivity index is 1.41. The summed E-state index contributed by atoms with van der Waals surface area (Å²) in [4.78, 5) is 4.58. The molecule has 8 nitrogen and oxygen atoms in total. The highest BCUT2D eigenvalue weighted by atomic mass is 15.4. The quantitative estimate of drug-likeness (QED) is 0.570. The molecule has 0 bridgehead atoms. The highest BCUT2D eigenvalue weighted by Crippen LogP contribution is 2.28. The molecule has 0 amide bonds. The summed E-state index contributed by atoms with van der Waals surface area (Å²) in [5.41, 5.74) is 5.09. The number of fused-ring (bicyclic) bond motifs is 2. The van der Waals surface area contributed by atoms with Crippen LogP contribution in [-0.4, -0.2) is 48.7 Å². The van der Waals surface area contributed by atoms with Gasteiger partial charge in [-0.3, -0.25) is 0 Å². The lowest BCUT2D eigenvalue weighted by molar-refractivity contribution is 0.370. The highest BCUT2D eigenvalue weighted by molar-refractivity contribution is 5.87. The van der Waals surface area contributed by atoms with Crippen molar-refractivity contribution >= 4 is 22.5 Å². The van der Waals surface area contributed by atoms with E-state index in [1.807, 2.05) is 37.1 Å². The maximum absolute atomic E-state index is 4.67. The number of rotatable bonds is 4. The van der Waals surface area contributed by atoms with E-state index >= 15 is 0 Å². The first-order chi connectivity index (χ1) is 13.7. The number of nitrogens with zero attached hydrogens (tertiary/aromatic N) is 6. The summed E-state index contributed by atoms with van der Waals surface area (Å²) < 4.78 is 3.69. The molecule has 4 aromatic rings. The molecule has 0 spiro atoms. The second-order valence-corrected chi connectivity index (χ2v) is 7.54. The molecule has 3 heterocycles. The lowest BCUT2D eigenvalue weighted by atomic mass is 9.91. The van der Waals surface area contributed by atoms with E-state index in [4.69, 9.17) is 0 Å². The monoisotopic (exact) mass is 376 g/mol. The Morgan fingerprint density at radius 1 is 1.04 bits per heavy atom. The van der Waals surface area contributed by atoms with Gasteiger partial charge < -0.3 is 10.6 Å². The van der Waals surface area contributed by atoms with Crippen LogP contribution in [-0.2, 0) is 7.05 Å². The molecule has 0 radical (unpaired) electrons. The molecule has 8 heteroatoms. The zero-order valence-electron chi connectivity index (χ0n) is 16.1. The Kier molecular flexibility index (Phi) is 4.20. The number of hydrogen-bond acceptors (Lipinski definition) is 6. The molecule has 0 atom stereocenters. The van der Waals surface area contributed by atoms with E-state index in [0.29, 0.717) is 18.0 Å². The van der Waals surface area contributed by atoms with Gasteiger partial charge in [0, 0.05) is 30.9 Å². The minimum absolute atomic E-state index is 0.442. The van der Waals surface area contributed by atoms with Crippen LogP contribution in [0.3, 0.4) is 0 Å². The minimum Gasteiger partial charge on any atom is -0.350 e. The summed E-state index contributed by atoms with van der Waals surface area (Å²) in [5.74, 6) is 0.689. The molecule has 0 unspecified atom stereocenters. The molecule has 1 aromatic carbocycles. The van der Waals surface area contributed by atoms with Gasteiger partial charge in [0.1, 0.15) is 5.52 Å². The predicted octanol–water partition coefficient (Wildman–Crippen LogP) is 2.62. The third-order valence-corrected chi connectivity index (χ3v) is 5.81. The van der Waals surface area contributed by atoms with Gasteiger partial charge in [0.15, 0.2) is 0 Å². The van der Waals surface area contributed by atoms with E-state index in [2.05, 4.69) is 49.2 Å². The second-order valence-electron chi connectivity index (χ2n) is 7.54. The first-order valence-corrected chi connectivity index (χ1v) is 9.79. The molecular weight excluding hydrogens is 352 g/mol. The maximum Gasteiger partial charge on any atom is 0.241 e. The van der Waals surface area contributed by atoms with E-state index in [1.165, 1.54) is 12.8 Å². The number of aromatic nitrogens is 6. The first kappa shape index (κ1) is 17.1. The van der Waals surface area contributed by atoms with Gasteiger partial charge in [0.25, 0.3) is 0 Å². The third-order valence-electron chi connectivity index (χ3n) is 5.81. The number of anilines is 1. The predicted molar refractivity (Wildman–Crippen MR) is 109 cm³/mol. The summed E-state index contributed by atoms with van der Waals surface area (Å²) in [6, 6.07) is 9.34. The fraction of sp³-hybridized carbons (Fsp3) is 0.400. The van der Waals surface area contributed by atoms with Gasteiger partial charge in [-0.15, -0.1) is 10.2 Å². The molecule has 5 rings (SSSR count). The van der Waals surface area contributed by atoms with Crippen LogP contribution < -0.4 is 10.6 Å². The molecule has 3 aromatic heterocycles. The molecule has 2 N–H and O–H groups in total. The van der Waals surface area contributed by atoms with Gasteiger partial charge in [-0.1, -0.05) is 11.3 Å². The van der Waals surface area contributed by atoms with Crippen LogP contribution in [0.15, 0.2) is 36.7 Å². The van der Waals surface area contributed by atoms with E-state index in [-0.39, 0.29) is 0 Å². The average molecular weight is 376 g/mol. The zero-order valence-corrected chi connectivity index (χ0v) is 16.1. The van der Waals surface area contributed by atoms with Crippen molar-refractivity contribution in [3.05, 3.63) is 36.7 Å². The summed E-state index contributed by atoms with van der Waals surface area (Å²) in [7, 11) is 3.95. The molecular formula is C20H24N8. The van der Waals surface area contributed by atoms with Crippen LogP contribution in [0.4, 0.5) is 5.95 Å². The van der Waals surface area contributed by atoms with E-state index in [1.54, 1.807) is 4.68 Å². The number of nitrogens with one attached hydrogen (secondary N) is 2. The van der Waals surface area contributed by atoms with Crippen molar-refractivity contribution in [3.8, 4) is 11.1 Å². The molecule has 1 fully saturated rings. The topological polar surface area (TPSA) is 85.0 Å². The number of benzene rings is 1. The van der Waals surface area contributed by atoms with Crippen LogP contribution >= 0.6 is 0 Å². The van der Waals surface area contributed by atoms with Gasteiger partial charge in [-0.2, -0.15) is 0 Å². The van der Waals surface area contributed by atoms with Crippen LogP contribution in [0.25, 0.3) is 27.7 Å². The Morgan fingerprint density at radius 3 is 2.68 bits per heavy atom. The van der Waals surface area contributed by atoms with Crippen LogP contribution in [0.2, 0.25) is 0 Å². The van der Waals surface area contributed by atoms with Crippen LogP contribution in [0, 0.1) is 0 Å². The van der Waals surface area contributed by atoms with Gasteiger partial charge in [0.05, 0.1) is 17.2 Å². The Bertz CT molecular complexity index is 1120. The van der Waals surface area contributed by atoms with Crippen molar-refractivity contribution in [3.63, 3.8) is 0 Å². The van der Waals surface area contributed by atoms with E-state index < -0.39 is 0 Å². The third kappa shape index (κ3) is 2.99. The zero-order chi connectivity index (χ0) is 19.1. The molecule has 1 aliphatic carbocycles. The van der Waals surface area contributed by atoms with Crippen LogP contribution in [0.5, 0.6) is 0 Å². The fourth-order valence-corrected chi connectivity index (χ4v) is 4.12. The van der Waals surface area contributed by atoms with Gasteiger partial charge >= 0.3 is 0 Å². The second kappa shape index (κ2) is 6.87. The maximum atomic E-state index is 4.67. The van der Waals surface area contributed by atoms with Crippen molar-refractivity contribution < 1.29 is 0 Å². The van der Waals surface area contributed by atoms with E-state index in [9.17, 15) is 0 Å². The highest BCUT2D eigenvalue weighted by Gasteiger charge is 2.20. The smallest absolute Gasteiger partial charge is 0.241 e. The average Bonchev–Trinajstić information content (AvgIpc) is 3.32. The molecule has 0 saturated heterocycles. The molecule has 1 saturated carbocycles. The lowest BCUT2D eigenvalue weighted by Crippen LogP contribution is -2.35. The normalized spacial score (nSPS) is 20.1. The SMILES string of the molecule is CN[C@H]1CC[C@H](Nc2ncc3c(-c4ccc5nnn(C)c5c4)ccn3n2)CC1.